The first-order chi connectivity index (χ1) is 11.2. The van der Waals surface area contributed by atoms with Gasteiger partial charge in [-0.2, -0.15) is 0 Å². The van der Waals surface area contributed by atoms with E-state index in [4.69, 9.17) is 5.84 Å². The molecule has 1 saturated heterocycles. The number of nitrogens with two attached hydrogens (primary N) is 1. The van der Waals surface area contributed by atoms with Gasteiger partial charge in [0.15, 0.2) is 0 Å². The molecule has 1 aromatic heterocycles. The van der Waals surface area contributed by atoms with Gasteiger partial charge in [-0.1, -0.05) is 18.2 Å². The minimum Gasteiger partial charge on any atom is -0.368 e. The van der Waals surface area contributed by atoms with Gasteiger partial charge in [0.2, 0.25) is 11.6 Å². The Labute approximate surface area is 132 Å². The van der Waals surface area contributed by atoms with E-state index in [1.165, 1.54) is 6.33 Å². The lowest BCUT2D eigenvalue weighted by atomic mass is 10.2. The lowest BCUT2D eigenvalue weighted by molar-refractivity contribution is -0.383. The highest BCUT2D eigenvalue weighted by Gasteiger charge is 2.28. The van der Waals surface area contributed by atoms with E-state index in [0.29, 0.717) is 18.9 Å². The van der Waals surface area contributed by atoms with Crippen molar-refractivity contribution in [1.82, 2.24) is 9.97 Å². The Bertz CT molecular complexity index is 687. The van der Waals surface area contributed by atoms with E-state index >= 15 is 0 Å². The number of piperazine rings is 1. The van der Waals surface area contributed by atoms with Crippen LogP contribution in [0, 0.1) is 10.1 Å². The summed E-state index contributed by atoms with van der Waals surface area (Å²) in [5, 5.41) is 11.3. The summed E-state index contributed by atoms with van der Waals surface area (Å²) in [6, 6.07) is 10.1. The van der Waals surface area contributed by atoms with Crippen LogP contribution in [0.5, 0.6) is 0 Å². The molecule has 9 nitrogen and oxygen atoms in total. The summed E-state index contributed by atoms with van der Waals surface area (Å²) in [4.78, 5) is 22.8. The Balaban J connectivity index is 1.79. The normalized spacial score (nSPS) is 14.7. The quantitative estimate of drug-likeness (QED) is 0.488. The van der Waals surface area contributed by atoms with Gasteiger partial charge in [-0.15, -0.1) is 0 Å². The van der Waals surface area contributed by atoms with Gasteiger partial charge in [-0.3, -0.25) is 10.1 Å². The van der Waals surface area contributed by atoms with E-state index in [-0.39, 0.29) is 11.5 Å². The molecule has 0 spiro atoms. The molecule has 0 saturated carbocycles. The first-order valence-corrected chi connectivity index (χ1v) is 7.21. The van der Waals surface area contributed by atoms with Crippen LogP contribution in [0.4, 0.5) is 23.0 Å². The lowest BCUT2D eigenvalue weighted by Gasteiger charge is -2.36. The van der Waals surface area contributed by atoms with Crippen LogP contribution < -0.4 is 21.1 Å². The molecule has 2 aromatic rings. The molecule has 9 heteroatoms. The number of hydrazine groups is 1. The number of benzene rings is 1. The van der Waals surface area contributed by atoms with E-state index < -0.39 is 4.92 Å². The zero-order chi connectivity index (χ0) is 16.2. The fourth-order valence-corrected chi connectivity index (χ4v) is 2.69. The second-order valence-electron chi connectivity index (χ2n) is 5.11. The fourth-order valence-electron chi connectivity index (χ4n) is 2.69. The Hall–Kier alpha value is -2.94. The third-order valence-corrected chi connectivity index (χ3v) is 3.82. The number of nitro groups is 1. The van der Waals surface area contributed by atoms with Crippen molar-refractivity contribution < 1.29 is 4.92 Å². The zero-order valence-electron chi connectivity index (χ0n) is 12.4. The average molecular weight is 315 g/mol. The highest BCUT2D eigenvalue weighted by molar-refractivity contribution is 5.70. The van der Waals surface area contributed by atoms with E-state index in [1.54, 1.807) is 0 Å². The number of hydrogen-bond acceptors (Lipinski definition) is 8. The van der Waals surface area contributed by atoms with Crippen LogP contribution in [-0.2, 0) is 0 Å². The maximum Gasteiger partial charge on any atom is 0.354 e. The second kappa shape index (κ2) is 6.44. The minimum atomic E-state index is -0.506. The molecule has 0 bridgehead atoms. The summed E-state index contributed by atoms with van der Waals surface area (Å²) in [6.07, 6.45) is 1.28. The number of nitrogen functional groups attached to an aromatic ring is 1. The fraction of sp³-hybridized carbons (Fsp3) is 0.286. The third-order valence-electron chi connectivity index (χ3n) is 3.82. The van der Waals surface area contributed by atoms with Crippen LogP contribution in [0.1, 0.15) is 0 Å². The van der Waals surface area contributed by atoms with Gasteiger partial charge in [-0.25, -0.2) is 15.8 Å². The first-order valence-electron chi connectivity index (χ1n) is 7.21. The molecule has 1 aliphatic heterocycles. The maximum atomic E-state index is 11.3. The topological polar surface area (TPSA) is 113 Å². The molecule has 1 aromatic carbocycles. The van der Waals surface area contributed by atoms with E-state index in [0.717, 1.165) is 18.8 Å². The van der Waals surface area contributed by atoms with E-state index in [9.17, 15) is 10.1 Å². The van der Waals surface area contributed by atoms with Gasteiger partial charge < -0.3 is 15.2 Å². The van der Waals surface area contributed by atoms with Crippen molar-refractivity contribution in [3.05, 3.63) is 46.8 Å². The van der Waals surface area contributed by atoms with Crippen molar-refractivity contribution in [1.29, 1.82) is 0 Å². The minimum absolute atomic E-state index is 0.0190. The van der Waals surface area contributed by atoms with E-state index in [2.05, 4.69) is 32.4 Å². The lowest BCUT2D eigenvalue weighted by Crippen LogP contribution is -2.47. The first kappa shape index (κ1) is 15.0. The summed E-state index contributed by atoms with van der Waals surface area (Å²) in [7, 11) is 0. The highest BCUT2D eigenvalue weighted by Crippen LogP contribution is 2.32. The van der Waals surface area contributed by atoms with E-state index in [1.807, 2.05) is 23.1 Å². The Morgan fingerprint density at radius 1 is 1.09 bits per heavy atom. The summed E-state index contributed by atoms with van der Waals surface area (Å²) in [6.45, 7) is 2.79. The number of rotatable bonds is 4. The molecule has 0 radical (unpaired) electrons. The molecule has 3 N–H and O–H groups in total. The predicted octanol–water partition coefficient (Wildman–Crippen LogP) is 0.997. The van der Waals surface area contributed by atoms with Gasteiger partial charge in [0, 0.05) is 31.9 Å². The molecule has 0 unspecified atom stereocenters. The summed E-state index contributed by atoms with van der Waals surface area (Å²) in [5.74, 6) is 5.63. The van der Waals surface area contributed by atoms with Crippen LogP contribution in [0.3, 0.4) is 0 Å². The van der Waals surface area contributed by atoms with Gasteiger partial charge in [-0.05, 0) is 12.1 Å². The van der Waals surface area contributed by atoms with Crippen LogP contribution in [0.2, 0.25) is 0 Å². The van der Waals surface area contributed by atoms with Crippen molar-refractivity contribution in [2.45, 2.75) is 0 Å². The predicted molar refractivity (Wildman–Crippen MR) is 87.4 cm³/mol. The van der Waals surface area contributed by atoms with Crippen molar-refractivity contribution in [2.24, 2.45) is 5.84 Å². The maximum absolute atomic E-state index is 11.3. The molecule has 2 heterocycles. The average Bonchev–Trinajstić information content (AvgIpc) is 2.61. The summed E-state index contributed by atoms with van der Waals surface area (Å²) < 4.78 is 0. The SMILES string of the molecule is NNc1ncnc(N2CCN(c3ccccc3)CC2)c1[N+](=O)[O-]. The third kappa shape index (κ3) is 2.99. The molecule has 120 valence electrons. The molecule has 0 aliphatic carbocycles. The Morgan fingerprint density at radius 3 is 2.35 bits per heavy atom. The molecular formula is C14H17N7O2. The van der Waals surface area contributed by atoms with Gasteiger partial charge in [0.05, 0.1) is 4.92 Å². The second-order valence-corrected chi connectivity index (χ2v) is 5.11. The molecule has 0 atom stereocenters. The highest BCUT2D eigenvalue weighted by atomic mass is 16.6. The smallest absolute Gasteiger partial charge is 0.354 e. The van der Waals surface area contributed by atoms with Crippen molar-refractivity contribution in [2.75, 3.05) is 41.4 Å². The summed E-state index contributed by atoms with van der Waals surface area (Å²) in [5.41, 5.74) is 3.22. The molecule has 1 fully saturated rings. The standard InChI is InChI=1S/C14H17N7O2/c15-18-13-12(21(22)23)14(17-10-16-13)20-8-6-19(7-9-20)11-4-2-1-3-5-11/h1-5,10H,6-9,15H2,(H,16,17,18). The Morgan fingerprint density at radius 2 is 1.74 bits per heavy atom. The number of anilines is 3. The number of hydrogen-bond donors (Lipinski definition) is 2. The Kier molecular flexibility index (Phi) is 4.20. The van der Waals surface area contributed by atoms with Crippen LogP contribution >= 0.6 is 0 Å². The molecule has 3 rings (SSSR count). The number of nitrogens with one attached hydrogen (secondary N) is 1. The van der Waals surface area contributed by atoms with Gasteiger partial charge in [0.25, 0.3) is 0 Å². The molecule has 1 aliphatic rings. The zero-order valence-corrected chi connectivity index (χ0v) is 12.4. The van der Waals surface area contributed by atoms with Gasteiger partial charge in [0.1, 0.15) is 6.33 Å². The summed E-state index contributed by atoms with van der Waals surface area (Å²) >= 11 is 0. The monoisotopic (exact) mass is 315 g/mol. The van der Waals surface area contributed by atoms with Crippen molar-refractivity contribution in [3.8, 4) is 0 Å². The largest absolute Gasteiger partial charge is 0.368 e. The molecular weight excluding hydrogens is 298 g/mol. The number of aromatic nitrogens is 2. The number of nitrogens with zero attached hydrogens (tertiary/aromatic N) is 5. The van der Waals surface area contributed by atoms with Gasteiger partial charge >= 0.3 is 5.69 Å². The van der Waals surface area contributed by atoms with Crippen molar-refractivity contribution >= 4 is 23.0 Å². The van der Waals surface area contributed by atoms with Crippen LogP contribution in [-0.4, -0.2) is 41.1 Å². The molecule has 23 heavy (non-hydrogen) atoms. The van der Waals surface area contributed by atoms with Crippen LogP contribution in [0.15, 0.2) is 36.7 Å². The number of para-hydroxylation sites is 1. The van der Waals surface area contributed by atoms with Crippen LogP contribution in [0.25, 0.3) is 0 Å². The van der Waals surface area contributed by atoms with Crippen molar-refractivity contribution in [3.63, 3.8) is 0 Å². The molecule has 0 amide bonds.